The van der Waals surface area contributed by atoms with Gasteiger partial charge in [0.2, 0.25) is 0 Å². The summed E-state index contributed by atoms with van der Waals surface area (Å²) in [6.45, 7) is 0. The third kappa shape index (κ3) is 2.61. The first-order valence-corrected chi connectivity index (χ1v) is 5.73. The first kappa shape index (κ1) is 11.1. The monoisotopic (exact) mass is 219 g/mol. The van der Waals surface area contributed by atoms with Gasteiger partial charge in [-0.05, 0) is 42.4 Å². The molecule has 3 heteroatoms. The first-order valence-electron chi connectivity index (χ1n) is 5.73. The van der Waals surface area contributed by atoms with Crippen LogP contribution in [0.4, 0.5) is 0 Å². The fraction of sp³-hybridized carbons (Fsp3) is 0.462. The molecule has 0 saturated heterocycles. The van der Waals surface area contributed by atoms with Crippen molar-refractivity contribution in [3.8, 4) is 0 Å². The second-order valence-electron chi connectivity index (χ2n) is 4.50. The molecular weight excluding hydrogens is 202 g/mol. The van der Waals surface area contributed by atoms with E-state index < -0.39 is 5.97 Å². The summed E-state index contributed by atoms with van der Waals surface area (Å²) in [5.74, 6) is -0.741. The standard InChI is InChI=1S/C13H17NO2/c14-12-5-4-10-3-1-9(2-6-13(15)16)7-11(10)8-12/h1,3,7,12H,2,4-6,8,14H2,(H,15,16)/t12-/m0/s1. The van der Waals surface area contributed by atoms with E-state index in [1.54, 1.807) is 0 Å². The predicted molar refractivity (Wildman–Crippen MR) is 62.4 cm³/mol. The smallest absolute Gasteiger partial charge is 0.303 e. The van der Waals surface area contributed by atoms with Crippen molar-refractivity contribution in [2.75, 3.05) is 0 Å². The van der Waals surface area contributed by atoms with Crippen molar-refractivity contribution in [1.82, 2.24) is 0 Å². The van der Waals surface area contributed by atoms with Crippen LogP contribution in [-0.4, -0.2) is 17.1 Å². The second kappa shape index (κ2) is 4.66. The number of rotatable bonds is 3. The summed E-state index contributed by atoms with van der Waals surface area (Å²) in [7, 11) is 0. The van der Waals surface area contributed by atoms with E-state index in [0.717, 1.165) is 24.8 Å². The van der Waals surface area contributed by atoms with Crippen molar-refractivity contribution >= 4 is 5.97 Å². The average molecular weight is 219 g/mol. The number of benzene rings is 1. The Balaban J connectivity index is 2.11. The number of fused-ring (bicyclic) bond motifs is 1. The van der Waals surface area contributed by atoms with Crippen LogP contribution in [0, 0.1) is 0 Å². The molecular formula is C13H17NO2. The highest BCUT2D eigenvalue weighted by atomic mass is 16.4. The number of hydrogen-bond acceptors (Lipinski definition) is 2. The Morgan fingerprint density at radius 1 is 1.44 bits per heavy atom. The van der Waals surface area contributed by atoms with Crippen LogP contribution in [0.3, 0.4) is 0 Å². The number of carbonyl (C=O) groups is 1. The van der Waals surface area contributed by atoms with Crippen molar-refractivity contribution < 1.29 is 9.90 Å². The highest BCUT2D eigenvalue weighted by Gasteiger charge is 2.15. The number of carboxylic acids is 1. The summed E-state index contributed by atoms with van der Waals surface area (Å²) in [6, 6.07) is 6.55. The molecule has 0 fully saturated rings. The predicted octanol–water partition coefficient (Wildman–Crippen LogP) is 1.52. The Kier molecular flexibility index (Phi) is 3.25. The number of hydrogen-bond donors (Lipinski definition) is 2. The summed E-state index contributed by atoms with van der Waals surface area (Å²) in [5.41, 5.74) is 9.72. The zero-order valence-corrected chi connectivity index (χ0v) is 9.28. The van der Waals surface area contributed by atoms with Crippen LogP contribution >= 0.6 is 0 Å². The molecule has 16 heavy (non-hydrogen) atoms. The zero-order chi connectivity index (χ0) is 11.5. The van der Waals surface area contributed by atoms with Gasteiger partial charge in [0, 0.05) is 12.5 Å². The Labute approximate surface area is 95.3 Å². The Bertz CT molecular complexity index is 401. The van der Waals surface area contributed by atoms with Gasteiger partial charge in [-0.2, -0.15) is 0 Å². The molecule has 0 unspecified atom stereocenters. The molecule has 3 nitrogen and oxygen atoms in total. The lowest BCUT2D eigenvalue weighted by Crippen LogP contribution is -2.27. The number of nitrogens with two attached hydrogens (primary N) is 1. The zero-order valence-electron chi connectivity index (χ0n) is 9.28. The molecule has 0 spiro atoms. The lowest BCUT2D eigenvalue weighted by Gasteiger charge is -2.21. The van der Waals surface area contributed by atoms with Crippen LogP contribution < -0.4 is 5.73 Å². The first-order chi connectivity index (χ1) is 7.65. The quantitative estimate of drug-likeness (QED) is 0.810. The van der Waals surface area contributed by atoms with Crippen molar-refractivity contribution in [3.63, 3.8) is 0 Å². The highest BCUT2D eigenvalue weighted by molar-refractivity contribution is 5.67. The van der Waals surface area contributed by atoms with Gasteiger partial charge in [-0.1, -0.05) is 18.2 Å². The highest BCUT2D eigenvalue weighted by Crippen LogP contribution is 2.22. The fourth-order valence-electron chi connectivity index (χ4n) is 2.25. The number of carboxylic acid groups (broad SMARTS) is 1. The minimum Gasteiger partial charge on any atom is -0.481 e. The summed E-state index contributed by atoms with van der Waals surface area (Å²) in [5, 5.41) is 8.64. The van der Waals surface area contributed by atoms with E-state index >= 15 is 0 Å². The molecule has 1 atom stereocenters. The van der Waals surface area contributed by atoms with Crippen molar-refractivity contribution in [1.29, 1.82) is 0 Å². The van der Waals surface area contributed by atoms with Gasteiger partial charge in [0.25, 0.3) is 0 Å². The minimum atomic E-state index is -0.741. The van der Waals surface area contributed by atoms with Gasteiger partial charge >= 0.3 is 5.97 Å². The van der Waals surface area contributed by atoms with Gasteiger partial charge in [0.15, 0.2) is 0 Å². The van der Waals surface area contributed by atoms with E-state index in [-0.39, 0.29) is 12.5 Å². The summed E-state index contributed by atoms with van der Waals surface area (Å²) in [6.07, 6.45) is 3.84. The molecule has 0 bridgehead atoms. The second-order valence-corrected chi connectivity index (χ2v) is 4.50. The maximum atomic E-state index is 10.5. The Morgan fingerprint density at radius 2 is 2.25 bits per heavy atom. The van der Waals surface area contributed by atoms with Crippen molar-refractivity contribution in [2.45, 2.75) is 38.1 Å². The largest absolute Gasteiger partial charge is 0.481 e. The molecule has 1 aliphatic carbocycles. The van der Waals surface area contributed by atoms with E-state index in [9.17, 15) is 4.79 Å². The van der Waals surface area contributed by atoms with Crippen molar-refractivity contribution in [3.05, 3.63) is 34.9 Å². The summed E-state index contributed by atoms with van der Waals surface area (Å²) < 4.78 is 0. The van der Waals surface area contributed by atoms with E-state index in [4.69, 9.17) is 10.8 Å². The lowest BCUT2D eigenvalue weighted by molar-refractivity contribution is -0.136. The van der Waals surface area contributed by atoms with Gasteiger partial charge in [-0.3, -0.25) is 4.79 Å². The van der Waals surface area contributed by atoms with E-state index in [1.165, 1.54) is 11.1 Å². The molecule has 1 aromatic carbocycles. The van der Waals surface area contributed by atoms with E-state index in [1.807, 2.05) is 6.07 Å². The van der Waals surface area contributed by atoms with Crippen LogP contribution in [0.2, 0.25) is 0 Å². The molecule has 0 aromatic heterocycles. The number of aryl methyl sites for hydroxylation is 2. The fourth-order valence-corrected chi connectivity index (χ4v) is 2.25. The molecule has 0 saturated carbocycles. The van der Waals surface area contributed by atoms with Gasteiger partial charge in [-0.15, -0.1) is 0 Å². The molecule has 86 valence electrons. The topological polar surface area (TPSA) is 63.3 Å². The van der Waals surface area contributed by atoms with Crippen LogP contribution in [0.5, 0.6) is 0 Å². The molecule has 2 rings (SSSR count). The van der Waals surface area contributed by atoms with E-state index in [0.29, 0.717) is 6.42 Å². The van der Waals surface area contributed by atoms with Gasteiger partial charge in [-0.25, -0.2) is 0 Å². The van der Waals surface area contributed by atoms with Crippen LogP contribution in [0.25, 0.3) is 0 Å². The third-order valence-electron chi connectivity index (χ3n) is 3.16. The van der Waals surface area contributed by atoms with Crippen LogP contribution in [0.15, 0.2) is 18.2 Å². The normalized spacial score (nSPS) is 19.2. The van der Waals surface area contributed by atoms with Crippen molar-refractivity contribution in [2.24, 2.45) is 5.73 Å². The Morgan fingerprint density at radius 3 is 3.00 bits per heavy atom. The lowest BCUT2D eigenvalue weighted by atomic mass is 9.87. The molecule has 1 aliphatic rings. The molecule has 0 heterocycles. The van der Waals surface area contributed by atoms with Crippen LogP contribution in [-0.2, 0) is 24.1 Å². The summed E-state index contributed by atoms with van der Waals surface area (Å²) in [4.78, 5) is 10.5. The molecule has 0 amide bonds. The van der Waals surface area contributed by atoms with Gasteiger partial charge < -0.3 is 10.8 Å². The minimum absolute atomic E-state index is 0.199. The maximum Gasteiger partial charge on any atom is 0.303 e. The van der Waals surface area contributed by atoms with E-state index in [2.05, 4.69) is 12.1 Å². The Hall–Kier alpha value is -1.35. The molecule has 0 aliphatic heterocycles. The summed E-state index contributed by atoms with van der Waals surface area (Å²) >= 11 is 0. The average Bonchev–Trinajstić information content (AvgIpc) is 2.25. The number of aliphatic carboxylic acids is 1. The third-order valence-corrected chi connectivity index (χ3v) is 3.16. The van der Waals surface area contributed by atoms with Crippen LogP contribution in [0.1, 0.15) is 29.5 Å². The molecule has 1 aromatic rings. The van der Waals surface area contributed by atoms with Gasteiger partial charge in [0.1, 0.15) is 0 Å². The SMILES string of the molecule is N[C@H]1CCc2ccc(CCC(=O)O)cc2C1. The molecule has 3 N–H and O–H groups in total. The molecule has 0 radical (unpaired) electrons. The maximum absolute atomic E-state index is 10.5. The van der Waals surface area contributed by atoms with Gasteiger partial charge in [0.05, 0.1) is 0 Å².